The van der Waals surface area contributed by atoms with Crippen LogP contribution in [0, 0.1) is 11.7 Å². The van der Waals surface area contributed by atoms with Gasteiger partial charge >= 0.3 is 0 Å². The Morgan fingerprint density at radius 1 is 1.32 bits per heavy atom. The number of hydrogen-bond donors (Lipinski definition) is 1. The van der Waals surface area contributed by atoms with Gasteiger partial charge in [-0.25, -0.2) is 4.39 Å². The SMILES string of the molecule is CC(C)(C)NCc1cccc(F)c1OCC1CCC1. The molecule has 0 bridgehead atoms. The maximum atomic E-state index is 13.9. The highest BCUT2D eigenvalue weighted by molar-refractivity contribution is 5.35. The summed E-state index contributed by atoms with van der Waals surface area (Å²) in [4.78, 5) is 0. The molecule has 1 saturated carbocycles. The van der Waals surface area contributed by atoms with E-state index in [9.17, 15) is 4.39 Å². The van der Waals surface area contributed by atoms with E-state index < -0.39 is 0 Å². The summed E-state index contributed by atoms with van der Waals surface area (Å²) in [6, 6.07) is 5.14. The van der Waals surface area contributed by atoms with Crippen molar-refractivity contribution in [2.75, 3.05) is 6.61 Å². The number of rotatable bonds is 5. The van der Waals surface area contributed by atoms with E-state index in [4.69, 9.17) is 4.74 Å². The molecular formula is C16H24FNO. The molecule has 0 aromatic heterocycles. The van der Waals surface area contributed by atoms with Crippen molar-refractivity contribution in [3.05, 3.63) is 29.6 Å². The zero-order valence-corrected chi connectivity index (χ0v) is 12.1. The van der Waals surface area contributed by atoms with E-state index in [1.807, 2.05) is 6.07 Å². The van der Waals surface area contributed by atoms with Gasteiger partial charge in [-0.15, -0.1) is 0 Å². The molecule has 1 aromatic carbocycles. The van der Waals surface area contributed by atoms with Crippen LogP contribution >= 0.6 is 0 Å². The largest absolute Gasteiger partial charge is 0.490 e. The van der Waals surface area contributed by atoms with Crippen LogP contribution in [0.1, 0.15) is 45.6 Å². The smallest absolute Gasteiger partial charge is 0.165 e. The Balaban J connectivity index is 2.01. The number of halogens is 1. The topological polar surface area (TPSA) is 21.3 Å². The van der Waals surface area contributed by atoms with E-state index in [0.29, 0.717) is 24.8 Å². The van der Waals surface area contributed by atoms with Crippen molar-refractivity contribution in [3.63, 3.8) is 0 Å². The summed E-state index contributed by atoms with van der Waals surface area (Å²) in [5, 5.41) is 3.37. The van der Waals surface area contributed by atoms with Crippen LogP contribution in [0.5, 0.6) is 5.75 Å². The van der Waals surface area contributed by atoms with E-state index >= 15 is 0 Å². The number of nitrogens with one attached hydrogen (secondary N) is 1. The molecular weight excluding hydrogens is 241 g/mol. The van der Waals surface area contributed by atoms with Gasteiger partial charge in [0.2, 0.25) is 0 Å². The third-order valence-electron chi connectivity index (χ3n) is 3.55. The Hall–Kier alpha value is -1.09. The summed E-state index contributed by atoms with van der Waals surface area (Å²) in [6.45, 7) is 7.56. The van der Waals surface area contributed by atoms with Gasteiger partial charge in [-0.3, -0.25) is 0 Å². The lowest BCUT2D eigenvalue weighted by Gasteiger charge is -2.26. The van der Waals surface area contributed by atoms with Gasteiger partial charge in [0.1, 0.15) is 0 Å². The summed E-state index contributed by atoms with van der Waals surface area (Å²) in [7, 11) is 0. The van der Waals surface area contributed by atoms with Crippen molar-refractivity contribution in [3.8, 4) is 5.75 Å². The Morgan fingerprint density at radius 3 is 2.63 bits per heavy atom. The van der Waals surface area contributed by atoms with Gasteiger partial charge < -0.3 is 10.1 Å². The maximum absolute atomic E-state index is 13.9. The molecule has 1 aromatic rings. The third kappa shape index (κ3) is 4.20. The fourth-order valence-corrected chi connectivity index (χ4v) is 2.08. The monoisotopic (exact) mass is 265 g/mol. The lowest BCUT2D eigenvalue weighted by atomic mass is 9.86. The summed E-state index contributed by atoms with van der Waals surface area (Å²) in [6.07, 6.45) is 3.71. The van der Waals surface area contributed by atoms with Crippen LogP contribution < -0.4 is 10.1 Å². The zero-order valence-electron chi connectivity index (χ0n) is 12.1. The van der Waals surface area contributed by atoms with Crippen molar-refractivity contribution in [2.24, 2.45) is 5.92 Å². The molecule has 0 saturated heterocycles. The van der Waals surface area contributed by atoms with Gasteiger partial charge in [0.25, 0.3) is 0 Å². The van der Waals surface area contributed by atoms with Gasteiger partial charge in [-0.05, 0) is 45.6 Å². The first-order valence-corrected chi connectivity index (χ1v) is 7.11. The molecule has 2 rings (SSSR count). The third-order valence-corrected chi connectivity index (χ3v) is 3.55. The molecule has 106 valence electrons. The number of hydrogen-bond acceptors (Lipinski definition) is 2. The molecule has 1 aliphatic carbocycles. The minimum absolute atomic E-state index is 0.0115. The molecule has 1 N–H and O–H groups in total. The van der Waals surface area contributed by atoms with Gasteiger partial charge in [0, 0.05) is 17.6 Å². The summed E-state index contributed by atoms with van der Waals surface area (Å²) in [5.41, 5.74) is 0.909. The molecule has 0 heterocycles. The second-order valence-corrected chi connectivity index (χ2v) is 6.44. The normalized spacial score (nSPS) is 16.2. The van der Waals surface area contributed by atoms with Crippen molar-refractivity contribution in [1.29, 1.82) is 0 Å². The highest BCUT2D eigenvalue weighted by atomic mass is 19.1. The maximum Gasteiger partial charge on any atom is 0.165 e. The number of ether oxygens (including phenoxy) is 1. The van der Waals surface area contributed by atoms with Crippen LogP contribution in [0.2, 0.25) is 0 Å². The van der Waals surface area contributed by atoms with E-state index in [2.05, 4.69) is 26.1 Å². The van der Waals surface area contributed by atoms with E-state index in [-0.39, 0.29) is 11.4 Å². The van der Waals surface area contributed by atoms with E-state index in [1.165, 1.54) is 25.3 Å². The molecule has 0 amide bonds. The fraction of sp³-hybridized carbons (Fsp3) is 0.625. The highest BCUT2D eigenvalue weighted by Gasteiger charge is 2.20. The van der Waals surface area contributed by atoms with Gasteiger partial charge in [-0.1, -0.05) is 18.6 Å². The van der Waals surface area contributed by atoms with Crippen molar-refractivity contribution in [2.45, 2.75) is 52.1 Å². The van der Waals surface area contributed by atoms with Gasteiger partial charge in [0.05, 0.1) is 6.61 Å². The molecule has 19 heavy (non-hydrogen) atoms. The Kier molecular flexibility index (Phi) is 4.46. The Bertz CT molecular complexity index is 421. The van der Waals surface area contributed by atoms with E-state index in [1.54, 1.807) is 6.07 Å². The van der Waals surface area contributed by atoms with Crippen LogP contribution in [-0.4, -0.2) is 12.1 Å². The predicted octanol–water partition coefficient (Wildman–Crippen LogP) is 3.89. The van der Waals surface area contributed by atoms with Crippen LogP contribution in [0.25, 0.3) is 0 Å². The van der Waals surface area contributed by atoms with Crippen molar-refractivity contribution < 1.29 is 9.13 Å². The van der Waals surface area contributed by atoms with Crippen LogP contribution in [0.4, 0.5) is 4.39 Å². The van der Waals surface area contributed by atoms with Crippen molar-refractivity contribution >= 4 is 0 Å². The molecule has 3 heteroatoms. The second kappa shape index (κ2) is 5.91. The summed E-state index contributed by atoms with van der Waals surface area (Å²) in [5.74, 6) is 0.779. The van der Waals surface area contributed by atoms with Gasteiger partial charge in [-0.2, -0.15) is 0 Å². The molecule has 0 spiro atoms. The standard InChI is InChI=1S/C16H24FNO/c1-16(2,3)18-10-13-8-5-9-14(17)15(13)19-11-12-6-4-7-12/h5,8-9,12,18H,4,6-7,10-11H2,1-3H3. The molecule has 0 radical (unpaired) electrons. The second-order valence-electron chi connectivity index (χ2n) is 6.44. The van der Waals surface area contributed by atoms with Crippen LogP contribution in [-0.2, 0) is 6.54 Å². The molecule has 1 fully saturated rings. The van der Waals surface area contributed by atoms with E-state index in [0.717, 1.165) is 5.56 Å². The molecule has 0 unspecified atom stereocenters. The fourth-order valence-electron chi connectivity index (χ4n) is 2.08. The lowest BCUT2D eigenvalue weighted by molar-refractivity contribution is 0.174. The highest BCUT2D eigenvalue weighted by Crippen LogP contribution is 2.29. The zero-order chi connectivity index (χ0) is 13.9. The average Bonchev–Trinajstić information content (AvgIpc) is 2.26. The predicted molar refractivity (Wildman–Crippen MR) is 75.8 cm³/mol. The van der Waals surface area contributed by atoms with Gasteiger partial charge in [0.15, 0.2) is 11.6 Å². The minimum atomic E-state index is -0.257. The number of benzene rings is 1. The molecule has 1 aliphatic rings. The summed E-state index contributed by atoms with van der Waals surface area (Å²) < 4.78 is 19.6. The molecule has 2 nitrogen and oxygen atoms in total. The Morgan fingerprint density at radius 2 is 2.05 bits per heavy atom. The first-order valence-electron chi connectivity index (χ1n) is 7.11. The molecule has 0 atom stereocenters. The first-order chi connectivity index (χ1) is 8.96. The minimum Gasteiger partial charge on any atom is -0.490 e. The Labute approximate surface area is 115 Å². The lowest BCUT2D eigenvalue weighted by Crippen LogP contribution is -2.35. The average molecular weight is 265 g/mol. The number of para-hydroxylation sites is 1. The van der Waals surface area contributed by atoms with Crippen LogP contribution in [0.3, 0.4) is 0 Å². The summed E-state index contributed by atoms with van der Waals surface area (Å²) >= 11 is 0. The molecule has 0 aliphatic heterocycles. The first kappa shape index (κ1) is 14.3. The quantitative estimate of drug-likeness (QED) is 0.872. The van der Waals surface area contributed by atoms with Crippen LogP contribution in [0.15, 0.2) is 18.2 Å². The van der Waals surface area contributed by atoms with Crippen molar-refractivity contribution in [1.82, 2.24) is 5.32 Å².